The van der Waals surface area contributed by atoms with Crippen LogP contribution in [0, 0.1) is 0 Å². The van der Waals surface area contributed by atoms with Crippen LogP contribution in [0.2, 0.25) is 0 Å². The molecule has 0 aliphatic heterocycles. The van der Waals surface area contributed by atoms with Gasteiger partial charge in [-0.15, -0.1) is 0 Å². The number of rotatable bonds is 8. The molecule has 6 N–H and O–H groups in total. The standard InChI is InChI=1S/C26H27N7O3S/c27-20-21(24(28)34)32-37-23(20)26(36)33(14-15-6-5-11-29-12-15)22(25(35)31-16-7-1-2-8-16)18-13-30-19-10-4-3-9-17(18)19/h3-6,9-13,16,22,30H,1-2,7-8,14,27H2,(H2,28,34)(H,31,35). The zero-order chi connectivity index (χ0) is 25.9. The average Bonchev–Trinajstić information content (AvgIpc) is 3.64. The Bertz CT molecular complexity index is 1440. The first-order valence-electron chi connectivity index (χ1n) is 12.0. The molecule has 11 heteroatoms. The molecule has 1 aromatic carbocycles. The maximum atomic E-state index is 14.1. The molecule has 0 bridgehead atoms. The van der Waals surface area contributed by atoms with Crippen molar-refractivity contribution in [2.45, 2.75) is 44.3 Å². The van der Waals surface area contributed by atoms with E-state index in [0.29, 0.717) is 5.56 Å². The Balaban J connectivity index is 1.63. The van der Waals surface area contributed by atoms with Gasteiger partial charge in [-0.2, -0.15) is 4.37 Å². The summed E-state index contributed by atoms with van der Waals surface area (Å²) in [6.45, 7) is 0.0815. The molecular formula is C26H27N7O3S. The van der Waals surface area contributed by atoms with E-state index in [2.05, 4.69) is 19.7 Å². The van der Waals surface area contributed by atoms with Crippen LogP contribution in [0.5, 0.6) is 0 Å². The summed E-state index contributed by atoms with van der Waals surface area (Å²) < 4.78 is 4.00. The number of hydrogen-bond donors (Lipinski definition) is 4. The van der Waals surface area contributed by atoms with Crippen molar-refractivity contribution in [2.75, 3.05) is 5.73 Å². The van der Waals surface area contributed by atoms with Gasteiger partial charge in [-0.3, -0.25) is 19.4 Å². The number of nitrogens with one attached hydrogen (secondary N) is 2. The fraction of sp³-hybridized carbons (Fsp3) is 0.269. The lowest BCUT2D eigenvalue weighted by Gasteiger charge is -2.31. The van der Waals surface area contributed by atoms with Crippen LogP contribution in [0.25, 0.3) is 10.9 Å². The monoisotopic (exact) mass is 517 g/mol. The number of nitrogens with zero attached hydrogens (tertiary/aromatic N) is 3. The Morgan fingerprint density at radius 2 is 1.95 bits per heavy atom. The Hall–Kier alpha value is -4.25. The number of nitrogen functional groups attached to an aromatic ring is 1. The van der Waals surface area contributed by atoms with Gasteiger partial charge in [0.15, 0.2) is 5.69 Å². The normalized spacial score (nSPS) is 14.5. The maximum Gasteiger partial charge on any atom is 0.270 e. The number of pyridine rings is 1. The molecule has 3 heterocycles. The second kappa shape index (κ2) is 10.4. The van der Waals surface area contributed by atoms with Crippen LogP contribution in [-0.4, -0.2) is 43.0 Å². The molecule has 37 heavy (non-hydrogen) atoms. The third-order valence-electron chi connectivity index (χ3n) is 6.67. The number of anilines is 1. The molecule has 0 spiro atoms. The van der Waals surface area contributed by atoms with E-state index in [0.717, 1.165) is 53.7 Å². The number of para-hydroxylation sites is 1. The number of H-pyrrole nitrogens is 1. The minimum atomic E-state index is -0.983. The summed E-state index contributed by atoms with van der Waals surface area (Å²) in [5.74, 6) is -1.63. The number of primary amides is 1. The topological polar surface area (TPSA) is 160 Å². The van der Waals surface area contributed by atoms with Crippen LogP contribution in [0.4, 0.5) is 5.69 Å². The van der Waals surface area contributed by atoms with Crippen molar-refractivity contribution in [1.82, 2.24) is 24.6 Å². The first kappa shape index (κ1) is 24.4. The number of carbonyl (C=O) groups excluding carboxylic acids is 3. The van der Waals surface area contributed by atoms with Gasteiger partial charge in [0.05, 0.1) is 5.69 Å². The van der Waals surface area contributed by atoms with Gasteiger partial charge in [0.1, 0.15) is 10.9 Å². The molecule has 0 radical (unpaired) electrons. The Kier molecular flexibility index (Phi) is 6.87. The van der Waals surface area contributed by atoms with Gasteiger partial charge in [0, 0.05) is 47.6 Å². The third kappa shape index (κ3) is 4.90. The Morgan fingerprint density at radius 3 is 2.65 bits per heavy atom. The van der Waals surface area contributed by atoms with E-state index < -0.39 is 17.9 Å². The summed E-state index contributed by atoms with van der Waals surface area (Å²) in [7, 11) is 0. The van der Waals surface area contributed by atoms with Crippen molar-refractivity contribution in [1.29, 1.82) is 0 Å². The van der Waals surface area contributed by atoms with E-state index in [4.69, 9.17) is 11.5 Å². The first-order chi connectivity index (χ1) is 17.9. The summed E-state index contributed by atoms with van der Waals surface area (Å²) >= 11 is 0.792. The molecule has 1 saturated carbocycles. The van der Waals surface area contributed by atoms with Crippen molar-refractivity contribution in [2.24, 2.45) is 5.73 Å². The molecule has 5 rings (SSSR count). The number of carbonyl (C=O) groups is 3. The minimum Gasteiger partial charge on any atom is -0.395 e. The highest BCUT2D eigenvalue weighted by molar-refractivity contribution is 7.09. The molecule has 0 saturated heterocycles. The zero-order valence-electron chi connectivity index (χ0n) is 20.0. The molecule has 1 atom stereocenters. The van der Waals surface area contributed by atoms with Crippen molar-refractivity contribution in [3.63, 3.8) is 0 Å². The molecule has 3 amide bonds. The van der Waals surface area contributed by atoms with Crippen LogP contribution in [-0.2, 0) is 11.3 Å². The van der Waals surface area contributed by atoms with Gasteiger partial charge < -0.3 is 26.7 Å². The molecule has 190 valence electrons. The zero-order valence-corrected chi connectivity index (χ0v) is 20.8. The minimum absolute atomic E-state index is 0.0467. The molecular weight excluding hydrogens is 490 g/mol. The van der Waals surface area contributed by atoms with Crippen molar-refractivity contribution < 1.29 is 14.4 Å². The van der Waals surface area contributed by atoms with Crippen molar-refractivity contribution in [3.8, 4) is 0 Å². The fourth-order valence-corrected chi connectivity index (χ4v) is 5.61. The smallest absolute Gasteiger partial charge is 0.270 e. The van der Waals surface area contributed by atoms with Crippen LogP contribution in [0.3, 0.4) is 0 Å². The average molecular weight is 518 g/mol. The predicted molar refractivity (Wildman–Crippen MR) is 141 cm³/mol. The SMILES string of the molecule is NC(=O)c1nsc(C(=O)N(Cc2cccnc2)C(C(=O)NC2CCCC2)c2c[nH]c3ccccc23)c1N. The van der Waals surface area contributed by atoms with Gasteiger partial charge >= 0.3 is 0 Å². The molecule has 1 aliphatic carbocycles. The summed E-state index contributed by atoms with van der Waals surface area (Å²) in [4.78, 5) is 48.7. The van der Waals surface area contributed by atoms with E-state index in [1.165, 1.54) is 4.90 Å². The van der Waals surface area contributed by atoms with E-state index in [-0.39, 0.29) is 34.8 Å². The van der Waals surface area contributed by atoms with E-state index in [1.807, 2.05) is 30.3 Å². The van der Waals surface area contributed by atoms with Gasteiger partial charge in [0.2, 0.25) is 5.91 Å². The van der Waals surface area contributed by atoms with E-state index in [1.54, 1.807) is 24.7 Å². The predicted octanol–water partition coefficient (Wildman–Crippen LogP) is 3.14. The molecule has 1 fully saturated rings. The summed E-state index contributed by atoms with van der Waals surface area (Å²) in [6, 6.07) is 10.3. The molecule has 3 aromatic heterocycles. The largest absolute Gasteiger partial charge is 0.395 e. The highest BCUT2D eigenvalue weighted by atomic mass is 32.1. The highest BCUT2D eigenvalue weighted by Gasteiger charge is 2.37. The summed E-state index contributed by atoms with van der Waals surface area (Å²) in [5.41, 5.74) is 13.5. The number of fused-ring (bicyclic) bond motifs is 1. The lowest BCUT2D eigenvalue weighted by atomic mass is 10.0. The van der Waals surface area contributed by atoms with Gasteiger partial charge in [-0.25, -0.2) is 0 Å². The van der Waals surface area contributed by atoms with Gasteiger partial charge in [0.25, 0.3) is 11.8 Å². The lowest BCUT2D eigenvalue weighted by Crippen LogP contribution is -2.45. The number of aromatic amines is 1. The second-order valence-corrected chi connectivity index (χ2v) is 9.89. The lowest BCUT2D eigenvalue weighted by molar-refractivity contribution is -0.126. The second-order valence-electron chi connectivity index (χ2n) is 9.11. The summed E-state index contributed by atoms with van der Waals surface area (Å²) in [6.07, 6.45) is 8.94. The quantitative estimate of drug-likeness (QED) is 0.281. The van der Waals surface area contributed by atoms with Crippen LogP contribution in [0.1, 0.15) is 63.0 Å². The number of benzene rings is 1. The first-order valence-corrected chi connectivity index (χ1v) is 12.8. The summed E-state index contributed by atoms with van der Waals surface area (Å²) in [5, 5.41) is 3.99. The van der Waals surface area contributed by atoms with Crippen molar-refractivity contribution in [3.05, 3.63) is 76.7 Å². The molecule has 1 unspecified atom stereocenters. The van der Waals surface area contributed by atoms with E-state index in [9.17, 15) is 14.4 Å². The number of amides is 3. The van der Waals surface area contributed by atoms with Gasteiger partial charge in [-0.1, -0.05) is 37.1 Å². The van der Waals surface area contributed by atoms with Gasteiger partial charge in [-0.05, 0) is 42.1 Å². The Morgan fingerprint density at radius 1 is 1.16 bits per heavy atom. The molecule has 10 nitrogen and oxygen atoms in total. The highest BCUT2D eigenvalue weighted by Crippen LogP contribution is 2.34. The molecule has 1 aliphatic rings. The third-order valence-corrected chi connectivity index (χ3v) is 7.52. The van der Waals surface area contributed by atoms with Crippen LogP contribution in [0.15, 0.2) is 55.0 Å². The van der Waals surface area contributed by atoms with Crippen molar-refractivity contribution >= 4 is 45.8 Å². The van der Waals surface area contributed by atoms with E-state index >= 15 is 0 Å². The maximum absolute atomic E-state index is 14.1. The fourth-order valence-electron chi connectivity index (χ4n) is 4.85. The van der Waals surface area contributed by atoms with Crippen LogP contribution >= 0.6 is 11.5 Å². The number of nitrogens with two attached hydrogens (primary N) is 2. The number of hydrogen-bond acceptors (Lipinski definition) is 7. The van der Waals surface area contributed by atoms with Crippen LogP contribution < -0.4 is 16.8 Å². The number of aromatic nitrogens is 3. The molecule has 4 aromatic rings. The Labute approximate surface area is 217 Å².